The monoisotopic (exact) mass is 448 g/mol. The van der Waals surface area contributed by atoms with E-state index in [1.54, 1.807) is 13.2 Å². The average molecular weight is 449 g/mol. The van der Waals surface area contributed by atoms with Gasteiger partial charge in [-0.2, -0.15) is 0 Å². The predicted molar refractivity (Wildman–Crippen MR) is 131 cm³/mol. The Labute approximate surface area is 195 Å². The van der Waals surface area contributed by atoms with E-state index in [1.807, 2.05) is 50.4 Å². The second kappa shape index (κ2) is 10.6. The van der Waals surface area contributed by atoms with Gasteiger partial charge in [-0.1, -0.05) is 12.5 Å². The van der Waals surface area contributed by atoms with Crippen LogP contribution in [0.5, 0.6) is 5.88 Å². The van der Waals surface area contributed by atoms with Crippen LogP contribution in [0.25, 0.3) is 22.2 Å². The Balaban J connectivity index is 1.43. The van der Waals surface area contributed by atoms with Crippen molar-refractivity contribution >= 4 is 22.9 Å². The SMILES string of the molecule is CC(C)NC(=O)N(C)c1cnc2ccc(-c3ccc(OCCN4CCCCC4)nc3)cc2n1. The van der Waals surface area contributed by atoms with Crippen LogP contribution in [0.4, 0.5) is 10.6 Å². The summed E-state index contributed by atoms with van der Waals surface area (Å²) in [6.07, 6.45) is 7.33. The molecule has 8 nitrogen and oxygen atoms in total. The summed E-state index contributed by atoms with van der Waals surface area (Å²) < 4.78 is 5.84. The van der Waals surface area contributed by atoms with Crippen LogP contribution in [0.15, 0.2) is 42.7 Å². The molecule has 0 radical (unpaired) electrons. The summed E-state index contributed by atoms with van der Waals surface area (Å²) >= 11 is 0. The third-order valence-corrected chi connectivity index (χ3v) is 5.77. The van der Waals surface area contributed by atoms with Gasteiger partial charge in [0.25, 0.3) is 0 Å². The normalized spacial score (nSPS) is 14.4. The van der Waals surface area contributed by atoms with Crippen molar-refractivity contribution in [1.82, 2.24) is 25.2 Å². The number of fused-ring (bicyclic) bond motifs is 1. The molecule has 3 aromatic rings. The van der Waals surface area contributed by atoms with Gasteiger partial charge >= 0.3 is 6.03 Å². The summed E-state index contributed by atoms with van der Waals surface area (Å²) in [7, 11) is 1.69. The highest BCUT2D eigenvalue weighted by atomic mass is 16.5. The van der Waals surface area contributed by atoms with Crippen LogP contribution in [-0.2, 0) is 0 Å². The summed E-state index contributed by atoms with van der Waals surface area (Å²) in [4.78, 5) is 29.8. The summed E-state index contributed by atoms with van der Waals surface area (Å²) in [5, 5.41) is 2.86. The number of nitrogens with one attached hydrogen (secondary N) is 1. The molecule has 1 aliphatic heterocycles. The van der Waals surface area contributed by atoms with Gasteiger partial charge in [0, 0.05) is 37.5 Å². The molecule has 0 bridgehead atoms. The molecular weight excluding hydrogens is 416 g/mol. The quantitative estimate of drug-likeness (QED) is 0.586. The second-order valence-corrected chi connectivity index (χ2v) is 8.73. The zero-order valence-corrected chi connectivity index (χ0v) is 19.6. The molecule has 2 aromatic heterocycles. The van der Waals surface area contributed by atoms with E-state index in [0.717, 1.165) is 28.7 Å². The van der Waals surface area contributed by atoms with Gasteiger partial charge < -0.3 is 10.1 Å². The van der Waals surface area contributed by atoms with Crippen molar-refractivity contribution in [3.05, 3.63) is 42.7 Å². The zero-order valence-electron chi connectivity index (χ0n) is 19.6. The Hall–Kier alpha value is -3.26. The third kappa shape index (κ3) is 5.96. The second-order valence-electron chi connectivity index (χ2n) is 8.73. The van der Waals surface area contributed by atoms with E-state index in [0.29, 0.717) is 18.3 Å². The van der Waals surface area contributed by atoms with Gasteiger partial charge in [-0.05, 0) is 63.5 Å². The van der Waals surface area contributed by atoms with Crippen LogP contribution < -0.4 is 15.0 Å². The van der Waals surface area contributed by atoms with Crippen LogP contribution in [-0.4, -0.2) is 65.2 Å². The van der Waals surface area contributed by atoms with E-state index >= 15 is 0 Å². The van der Waals surface area contributed by atoms with Crippen LogP contribution in [0.3, 0.4) is 0 Å². The molecule has 2 amide bonds. The molecular formula is C25H32N6O2. The first kappa shape index (κ1) is 22.9. The number of hydrogen-bond acceptors (Lipinski definition) is 6. The molecule has 1 aliphatic rings. The highest BCUT2D eigenvalue weighted by Crippen LogP contribution is 2.24. The summed E-state index contributed by atoms with van der Waals surface area (Å²) in [5.41, 5.74) is 3.44. The van der Waals surface area contributed by atoms with E-state index in [-0.39, 0.29) is 12.1 Å². The first-order chi connectivity index (χ1) is 16.0. The van der Waals surface area contributed by atoms with Crippen molar-refractivity contribution in [3.8, 4) is 17.0 Å². The Kier molecular flexibility index (Phi) is 7.34. The van der Waals surface area contributed by atoms with Crippen molar-refractivity contribution in [3.63, 3.8) is 0 Å². The van der Waals surface area contributed by atoms with Crippen LogP contribution in [0, 0.1) is 0 Å². The first-order valence-electron chi connectivity index (χ1n) is 11.6. The Bertz CT molecular complexity index is 1080. The topological polar surface area (TPSA) is 83.5 Å². The molecule has 1 aromatic carbocycles. The number of piperidine rings is 1. The van der Waals surface area contributed by atoms with Crippen LogP contribution in [0.1, 0.15) is 33.1 Å². The molecule has 174 valence electrons. The van der Waals surface area contributed by atoms with Crippen molar-refractivity contribution in [1.29, 1.82) is 0 Å². The highest BCUT2D eigenvalue weighted by Gasteiger charge is 2.14. The van der Waals surface area contributed by atoms with Gasteiger partial charge in [-0.3, -0.25) is 14.8 Å². The first-order valence-corrected chi connectivity index (χ1v) is 11.6. The fourth-order valence-electron chi connectivity index (χ4n) is 3.89. The van der Waals surface area contributed by atoms with Gasteiger partial charge in [0.15, 0.2) is 5.82 Å². The van der Waals surface area contributed by atoms with Gasteiger partial charge in [0.2, 0.25) is 5.88 Å². The van der Waals surface area contributed by atoms with Crippen LogP contribution >= 0.6 is 0 Å². The van der Waals surface area contributed by atoms with Gasteiger partial charge in [0.1, 0.15) is 6.61 Å². The van der Waals surface area contributed by atoms with Crippen molar-refractivity contribution < 1.29 is 9.53 Å². The number of likely N-dealkylation sites (tertiary alicyclic amines) is 1. The van der Waals surface area contributed by atoms with E-state index in [4.69, 9.17) is 4.74 Å². The maximum absolute atomic E-state index is 12.3. The lowest BCUT2D eigenvalue weighted by Crippen LogP contribution is -2.41. The fourth-order valence-corrected chi connectivity index (χ4v) is 3.89. The summed E-state index contributed by atoms with van der Waals surface area (Å²) in [6, 6.07) is 9.64. The fraction of sp³-hybridized carbons (Fsp3) is 0.440. The summed E-state index contributed by atoms with van der Waals surface area (Å²) in [6.45, 7) is 7.77. The molecule has 0 atom stereocenters. The van der Waals surface area contributed by atoms with Crippen molar-refractivity contribution in [2.45, 2.75) is 39.2 Å². The number of benzene rings is 1. The molecule has 1 N–H and O–H groups in total. The standard InChI is InChI=1S/C25H32N6O2/c1-18(2)28-25(32)30(3)23-17-26-21-9-7-19(15-22(21)29-23)20-8-10-24(27-16-20)33-14-13-31-11-5-4-6-12-31/h7-10,15-18H,4-6,11-14H2,1-3H3,(H,28,32). The Morgan fingerprint density at radius 2 is 1.85 bits per heavy atom. The lowest BCUT2D eigenvalue weighted by molar-refractivity contribution is 0.180. The molecule has 0 aliphatic carbocycles. The van der Waals surface area contributed by atoms with E-state index in [1.165, 1.54) is 37.3 Å². The molecule has 8 heteroatoms. The average Bonchev–Trinajstić information content (AvgIpc) is 2.83. The Morgan fingerprint density at radius 3 is 2.58 bits per heavy atom. The number of amides is 2. The molecule has 4 rings (SSSR count). The highest BCUT2D eigenvalue weighted by molar-refractivity contribution is 5.91. The summed E-state index contributed by atoms with van der Waals surface area (Å²) in [5.74, 6) is 1.13. The van der Waals surface area contributed by atoms with Gasteiger partial charge in [-0.25, -0.2) is 14.8 Å². The molecule has 1 saturated heterocycles. The minimum absolute atomic E-state index is 0.0455. The molecule has 0 unspecified atom stereocenters. The molecule has 3 heterocycles. The van der Waals surface area contributed by atoms with E-state index in [2.05, 4.69) is 25.2 Å². The van der Waals surface area contributed by atoms with E-state index in [9.17, 15) is 4.79 Å². The maximum atomic E-state index is 12.3. The number of rotatable bonds is 7. The van der Waals surface area contributed by atoms with E-state index < -0.39 is 0 Å². The van der Waals surface area contributed by atoms with Crippen molar-refractivity contribution in [2.24, 2.45) is 0 Å². The number of aromatic nitrogens is 3. The number of urea groups is 1. The zero-order chi connectivity index (χ0) is 23.2. The largest absolute Gasteiger partial charge is 0.476 e. The number of ether oxygens (including phenoxy) is 1. The number of anilines is 1. The lowest BCUT2D eigenvalue weighted by Gasteiger charge is -2.26. The predicted octanol–water partition coefficient (Wildman–Crippen LogP) is 4.11. The molecule has 33 heavy (non-hydrogen) atoms. The number of pyridine rings is 1. The molecule has 1 fully saturated rings. The lowest BCUT2D eigenvalue weighted by atomic mass is 10.1. The number of carbonyl (C=O) groups excluding carboxylic acids is 1. The number of hydrogen-bond donors (Lipinski definition) is 1. The molecule has 0 spiro atoms. The maximum Gasteiger partial charge on any atom is 0.323 e. The van der Waals surface area contributed by atoms with Gasteiger partial charge in [0.05, 0.1) is 17.2 Å². The Morgan fingerprint density at radius 1 is 1.06 bits per heavy atom. The smallest absolute Gasteiger partial charge is 0.323 e. The number of carbonyl (C=O) groups is 1. The minimum Gasteiger partial charge on any atom is -0.476 e. The third-order valence-electron chi connectivity index (χ3n) is 5.77. The molecule has 0 saturated carbocycles. The van der Waals surface area contributed by atoms with Gasteiger partial charge in [-0.15, -0.1) is 0 Å². The number of nitrogens with zero attached hydrogens (tertiary/aromatic N) is 5. The minimum atomic E-state index is -0.213. The van der Waals surface area contributed by atoms with Crippen LogP contribution in [0.2, 0.25) is 0 Å². The van der Waals surface area contributed by atoms with Crippen molar-refractivity contribution in [2.75, 3.05) is 38.2 Å².